The Hall–Kier alpha value is -3.33. The molecule has 0 unspecified atom stereocenters. The van der Waals surface area contributed by atoms with Crippen molar-refractivity contribution < 1.29 is 9.53 Å². The molecule has 9 heteroatoms. The van der Waals surface area contributed by atoms with E-state index in [1.807, 2.05) is 29.2 Å². The fourth-order valence-electron chi connectivity index (χ4n) is 4.87. The van der Waals surface area contributed by atoms with E-state index in [1.165, 1.54) is 12.8 Å². The molecule has 0 N–H and O–H groups in total. The highest BCUT2D eigenvalue weighted by molar-refractivity contribution is 5.94. The average Bonchev–Trinajstić information content (AvgIpc) is 3.42. The average molecular weight is 446 g/mol. The number of para-hydroxylation sites is 2. The maximum atomic E-state index is 13.3. The van der Waals surface area contributed by atoms with Gasteiger partial charge in [-0.25, -0.2) is 9.97 Å². The first-order valence-corrected chi connectivity index (χ1v) is 11.7. The second-order valence-corrected chi connectivity index (χ2v) is 8.79. The number of carbonyl (C=O) groups excluding carboxylic acids is 1. The number of amides is 1. The summed E-state index contributed by atoms with van der Waals surface area (Å²) in [6.45, 7) is 6.12. The normalized spacial score (nSPS) is 18.6. The summed E-state index contributed by atoms with van der Waals surface area (Å²) >= 11 is 0. The van der Waals surface area contributed by atoms with Crippen molar-refractivity contribution >= 4 is 28.7 Å². The van der Waals surface area contributed by atoms with E-state index in [0.29, 0.717) is 38.4 Å². The SMILES string of the molecule is O=C(c1cnc2ccccc2n1)N1CCc2nc(N3CCOCC3)nc(N3CCCC3)c2C1. The van der Waals surface area contributed by atoms with E-state index in [0.717, 1.165) is 60.2 Å². The maximum absolute atomic E-state index is 13.3. The van der Waals surface area contributed by atoms with Gasteiger partial charge in [-0.15, -0.1) is 0 Å². The Morgan fingerprint density at radius 2 is 1.67 bits per heavy atom. The Bertz CT molecular complexity index is 1190. The number of anilines is 2. The third-order valence-electron chi connectivity index (χ3n) is 6.68. The molecule has 0 saturated carbocycles. The van der Waals surface area contributed by atoms with Crippen LogP contribution in [0.25, 0.3) is 11.0 Å². The van der Waals surface area contributed by atoms with Gasteiger partial charge in [0.15, 0.2) is 0 Å². The molecule has 2 fully saturated rings. The number of nitrogens with zero attached hydrogens (tertiary/aromatic N) is 7. The summed E-state index contributed by atoms with van der Waals surface area (Å²) in [4.78, 5) is 38.7. The summed E-state index contributed by atoms with van der Waals surface area (Å²) in [6, 6.07) is 7.62. The first-order valence-electron chi connectivity index (χ1n) is 11.7. The lowest BCUT2D eigenvalue weighted by Gasteiger charge is -2.33. The standard InChI is InChI=1S/C24H27N7O2/c32-23(21-15-25-19-5-1-2-6-20(19)26-21)31-10-7-18-17(16-31)22(29-8-3-4-9-29)28-24(27-18)30-11-13-33-14-12-30/h1-2,5-6,15H,3-4,7-14,16H2. The highest BCUT2D eigenvalue weighted by Gasteiger charge is 2.30. The Morgan fingerprint density at radius 3 is 2.48 bits per heavy atom. The molecule has 0 atom stereocenters. The second-order valence-electron chi connectivity index (χ2n) is 8.79. The largest absolute Gasteiger partial charge is 0.378 e. The maximum Gasteiger partial charge on any atom is 0.274 e. The number of rotatable bonds is 3. The van der Waals surface area contributed by atoms with Gasteiger partial charge in [0.2, 0.25) is 5.95 Å². The van der Waals surface area contributed by atoms with Crippen LogP contribution < -0.4 is 9.80 Å². The summed E-state index contributed by atoms with van der Waals surface area (Å²) in [5, 5.41) is 0. The molecule has 0 spiro atoms. The van der Waals surface area contributed by atoms with Crippen molar-refractivity contribution in [1.29, 1.82) is 0 Å². The van der Waals surface area contributed by atoms with Crippen LogP contribution in [-0.4, -0.2) is 76.7 Å². The number of fused-ring (bicyclic) bond motifs is 2. The predicted octanol–water partition coefficient (Wildman–Crippen LogP) is 2.06. The van der Waals surface area contributed by atoms with Crippen molar-refractivity contribution in [2.24, 2.45) is 0 Å². The number of hydrogen-bond acceptors (Lipinski definition) is 8. The zero-order valence-electron chi connectivity index (χ0n) is 18.6. The van der Waals surface area contributed by atoms with Crippen molar-refractivity contribution in [1.82, 2.24) is 24.8 Å². The Balaban J connectivity index is 1.32. The van der Waals surface area contributed by atoms with Gasteiger partial charge < -0.3 is 19.4 Å². The molecule has 2 aromatic heterocycles. The fourth-order valence-corrected chi connectivity index (χ4v) is 4.87. The Labute approximate surface area is 192 Å². The molecule has 1 amide bonds. The lowest BCUT2D eigenvalue weighted by atomic mass is 10.0. The van der Waals surface area contributed by atoms with Crippen LogP contribution in [0, 0.1) is 0 Å². The smallest absolute Gasteiger partial charge is 0.274 e. The highest BCUT2D eigenvalue weighted by Crippen LogP contribution is 2.31. The van der Waals surface area contributed by atoms with Crippen molar-refractivity contribution in [3.05, 3.63) is 47.4 Å². The minimum atomic E-state index is -0.0940. The lowest BCUT2D eigenvalue weighted by Crippen LogP contribution is -2.40. The van der Waals surface area contributed by atoms with Gasteiger partial charge in [0.05, 0.1) is 42.7 Å². The zero-order valence-corrected chi connectivity index (χ0v) is 18.6. The summed E-state index contributed by atoms with van der Waals surface area (Å²) in [6.07, 6.45) is 4.63. The van der Waals surface area contributed by atoms with Crippen LogP contribution in [0.5, 0.6) is 0 Å². The third kappa shape index (κ3) is 3.86. The molecule has 0 bridgehead atoms. The number of hydrogen-bond donors (Lipinski definition) is 0. The van der Waals surface area contributed by atoms with Crippen LogP contribution >= 0.6 is 0 Å². The number of aromatic nitrogens is 4. The van der Waals surface area contributed by atoms with Gasteiger partial charge in [-0.3, -0.25) is 9.78 Å². The summed E-state index contributed by atoms with van der Waals surface area (Å²) in [5.41, 5.74) is 4.03. The molecule has 3 aliphatic rings. The third-order valence-corrected chi connectivity index (χ3v) is 6.68. The fraction of sp³-hybridized carbons (Fsp3) is 0.458. The number of morpholine rings is 1. The topological polar surface area (TPSA) is 87.6 Å². The molecule has 170 valence electrons. The van der Waals surface area contributed by atoms with Gasteiger partial charge in [0, 0.05) is 44.7 Å². The van der Waals surface area contributed by atoms with Crippen molar-refractivity contribution in [2.75, 3.05) is 55.7 Å². The number of carbonyl (C=O) groups is 1. The van der Waals surface area contributed by atoms with E-state index in [4.69, 9.17) is 14.7 Å². The molecule has 6 rings (SSSR count). The van der Waals surface area contributed by atoms with E-state index < -0.39 is 0 Å². The summed E-state index contributed by atoms with van der Waals surface area (Å²) < 4.78 is 5.51. The lowest BCUT2D eigenvalue weighted by molar-refractivity contribution is 0.0727. The van der Waals surface area contributed by atoms with Gasteiger partial charge in [0.25, 0.3) is 5.91 Å². The highest BCUT2D eigenvalue weighted by atomic mass is 16.5. The molecule has 9 nitrogen and oxygen atoms in total. The zero-order chi connectivity index (χ0) is 22.2. The number of ether oxygens (including phenoxy) is 1. The second kappa shape index (κ2) is 8.55. The van der Waals surface area contributed by atoms with E-state index in [9.17, 15) is 4.79 Å². The van der Waals surface area contributed by atoms with Gasteiger partial charge in [-0.1, -0.05) is 12.1 Å². The Kier molecular flexibility index (Phi) is 5.26. The van der Waals surface area contributed by atoms with Crippen LogP contribution in [0.2, 0.25) is 0 Å². The summed E-state index contributed by atoms with van der Waals surface area (Å²) in [5.74, 6) is 1.68. The van der Waals surface area contributed by atoms with Crippen molar-refractivity contribution in [3.8, 4) is 0 Å². The van der Waals surface area contributed by atoms with Crippen LogP contribution in [0.4, 0.5) is 11.8 Å². The van der Waals surface area contributed by atoms with Gasteiger partial charge in [-0.2, -0.15) is 4.98 Å². The van der Waals surface area contributed by atoms with Gasteiger partial charge in [0.1, 0.15) is 11.5 Å². The molecule has 33 heavy (non-hydrogen) atoms. The van der Waals surface area contributed by atoms with Gasteiger partial charge in [-0.05, 0) is 25.0 Å². The minimum absolute atomic E-state index is 0.0940. The number of benzene rings is 1. The van der Waals surface area contributed by atoms with Crippen LogP contribution in [0.15, 0.2) is 30.5 Å². The first kappa shape index (κ1) is 20.3. The molecule has 3 aromatic rings. The molecule has 5 heterocycles. The quantitative estimate of drug-likeness (QED) is 0.605. The van der Waals surface area contributed by atoms with Crippen LogP contribution in [0.1, 0.15) is 34.6 Å². The predicted molar refractivity (Wildman–Crippen MR) is 124 cm³/mol. The van der Waals surface area contributed by atoms with Crippen molar-refractivity contribution in [2.45, 2.75) is 25.8 Å². The first-order chi connectivity index (χ1) is 16.3. The molecule has 2 saturated heterocycles. The van der Waals surface area contributed by atoms with E-state index in [1.54, 1.807) is 6.20 Å². The monoisotopic (exact) mass is 445 g/mol. The molecule has 0 radical (unpaired) electrons. The van der Waals surface area contributed by atoms with E-state index in [-0.39, 0.29) is 5.91 Å². The molecule has 0 aliphatic carbocycles. The van der Waals surface area contributed by atoms with E-state index in [2.05, 4.69) is 19.8 Å². The molecule has 3 aliphatic heterocycles. The summed E-state index contributed by atoms with van der Waals surface area (Å²) in [7, 11) is 0. The Morgan fingerprint density at radius 1 is 0.879 bits per heavy atom. The van der Waals surface area contributed by atoms with Crippen molar-refractivity contribution in [3.63, 3.8) is 0 Å². The van der Waals surface area contributed by atoms with Gasteiger partial charge >= 0.3 is 0 Å². The van der Waals surface area contributed by atoms with E-state index >= 15 is 0 Å². The van der Waals surface area contributed by atoms with Crippen LogP contribution in [0.3, 0.4) is 0 Å². The molecule has 1 aromatic carbocycles. The molecular formula is C24H27N7O2. The van der Waals surface area contributed by atoms with Crippen LogP contribution in [-0.2, 0) is 17.7 Å². The minimum Gasteiger partial charge on any atom is -0.378 e. The molecular weight excluding hydrogens is 418 g/mol.